The van der Waals surface area contributed by atoms with Crippen LogP contribution >= 0.6 is 0 Å². The number of hydrogen-bond donors (Lipinski definition) is 2. The lowest BCUT2D eigenvalue weighted by Gasteiger charge is -2.19. The van der Waals surface area contributed by atoms with Crippen molar-refractivity contribution < 1.29 is 9.90 Å². The molecule has 0 aliphatic carbocycles. The maximum Gasteiger partial charge on any atom is 0.320 e. The predicted octanol–water partition coefficient (Wildman–Crippen LogP) is 1.49. The van der Waals surface area contributed by atoms with E-state index in [4.69, 9.17) is 5.11 Å². The van der Waals surface area contributed by atoms with Crippen LogP contribution in [-0.4, -0.2) is 23.7 Å². The Morgan fingerprint density at radius 2 is 2.31 bits per heavy atom. The van der Waals surface area contributed by atoms with E-state index in [0.29, 0.717) is 11.8 Å². The summed E-state index contributed by atoms with van der Waals surface area (Å²) in [7, 11) is 0. The first-order valence-electron chi connectivity index (χ1n) is 5.11. The lowest BCUT2D eigenvalue weighted by Crippen LogP contribution is -2.36. The summed E-state index contributed by atoms with van der Waals surface area (Å²) < 4.78 is 0. The second-order valence-corrected chi connectivity index (χ2v) is 4.01. The van der Waals surface area contributed by atoms with Gasteiger partial charge >= 0.3 is 5.97 Å². The molecule has 0 amide bonds. The quantitative estimate of drug-likeness (QED) is 0.685. The van der Waals surface area contributed by atoms with Gasteiger partial charge in [-0.2, -0.15) is 0 Å². The van der Waals surface area contributed by atoms with Crippen molar-refractivity contribution >= 4 is 5.97 Å². The Balaban J connectivity index is 2.55. The van der Waals surface area contributed by atoms with Gasteiger partial charge in [-0.25, -0.2) is 0 Å². The maximum absolute atomic E-state index is 10.8. The van der Waals surface area contributed by atoms with Crippen LogP contribution in [0, 0.1) is 11.8 Å². The number of aliphatic carboxylic acids is 1. The van der Waals surface area contributed by atoms with E-state index in [1.807, 2.05) is 0 Å². The third kappa shape index (κ3) is 2.69. The summed E-state index contributed by atoms with van der Waals surface area (Å²) in [5.74, 6) is 0.515. The highest BCUT2D eigenvalue weighted by atomic mass is 16.4. The smallest absolute Gasteiger partial charge is 0.320 e. The summed E-state index contributed by atoms with van der Waals surface area (Å²) in [6.07, 6.45) is 3.05. The van der Waals surface area contributed by atoms with E-state index in [0.717, 1.165) is 25.8 Å². The number of nitrogens with one attached hydrogen (secondary N) is 1. The van der Waals surface area contributed by atoms with Gasteiger partial charge < -0.3 is 10.4 Å². The van der Waals surface area contributed by atoms with Crippen molar-refractivity contribution in [1.29, 1.82) is 0 Å². The number of carboxylic acid groups (broad SMARTS) is 1. The molecule has 0 aromatic carbocycles. The molecule has 13 heavy (non-hydrogen) atoms. The zero-order chi connectivity index (χ0) is 9.84. The largest absolute Gasteiger partial charge is 0.480 e. The Labute approximate surface area is 79.5 Å². The van der Waals surface area contributed by atoms with E-state index in [2.05, 4.69) is 19.2 Å². The monoisotopic (exact) mass is 185 g/mol. The summed E-state index contributed by atoms with van der Waals surface area (Å²) in [6.45, 7) is 5.19. The van der Waals surface area contributed by atoms with Crippen molar-refractivity contribution in [2.75, 3.05) is 6.54 Å². The van der Waals surface area contributed by atoms with Crippen LogP contribution in [0.15, 0.2) is 0 Å². The first kappa shape index (κ1) is 10.5. The lowest BCUT2D eigenvalue weighted by atomic mass is 9.86. The molecule has 1 fully saturated rings. The van der Waals surface area contributed by atoms with E-state index in [1.54, 1.807) is 0 Å². The summed E-state index contributed by atoms with van der Waals surface area (Å²) >= 11 is 0. The highest BCUT2D eigenvalue weighted by molar-refractivity contribution is 5.73. The van der Waals surface area contributed by atoms with Crippen LogP contribution in [0.5, 0.6) is 0 Å². The fourth-order valence-electron chi connectivity index (χ4n) is 2.17. The van der Waals surface area contributed by atoms with Gasteiger partial charge in [0.15, 0.2) is 0 Å². The minimum absolute atomic E-state index is 0.327. The highest BCUT2D eigenvalue weighted by Gasteiger charge is 2.27. The molecule has 76 valence electrons. The van der Waals surface area contributed by atoms with Gasteiger partial charge in [-0.15, -0.1) is 0 Å². The van der Waals surface area contributed by atoms with Gasteiger partial charge in [0.2, 0.25) is 0 Å². The molecule has 1 saturated heterocycles. The zero-order valence-electron chi connectivity index (χ0n) is 8.42. The highest BCUT2D eigenvalue weighted by Crippen LogP contribution is 2.25. The second-order valence-electron chi connectivity index (χ2n) is 4.01. The van der Waals surface area contributed by atoms with E-state index in [-0.39, 0.29) is 6.04 Å². The molecule has 1 aliphatic heterocycles. The number of rotatable bonds is 2. The average molecular weight is 185 g/mol. The Bertz CT molecular complexity index is 182. The minimum Gasteiger partial charge on any atom is -0.480 e. The molecule has 0 saturated carbocycles. The number of hydrogen-bond acceptors (Lipinski definition) is 2. The van der Waals surface area contributed by atoms with Gasteiger partial charge in [-0.05, 0) is 31.2 Å². The summed E-state index contributed by atoms with van der Waals surface area (Å²) in [5.41, 5.74) is 0. The van der Waals surface area contributed by atoms with Gasteiger partial charge in [-0.3, -0.25) is 4.79 Å². The van der Waals surface area contributed by atoms with E-state index < -0.39 is 5.97 Å². The molecule has 2 N–H and O–H groups in total. The molecule has 0 radical (unpaired) electrons. The van der Waals surface area contributed by atoms with Gasteiger partial charge in [0.1, 0.15) is 6.04 Å². The predicted molar refractivity (Wildman–Crippen MR) is 51.6 cm³/mol. The fourth-order valence-corrected chi connectivity index (χ4v) is 2.17. The molecule has 3 atom stereocenters. The average Bonchev–Trinajstić information content (AvgIpc) is 2.26. The van der Waals surface area contributed by atoms with Crippen molar-refractivity contribution in [3.63, 3.8) is 0 Å². The number of carboxylic acids is 1. The molecular formula is C10H19NO2. The van der Waals surface area contributed by atoms with Crippen LogP contribution in [0.2, 0.25) is 0 Å². The van der Waals surface area contributed by atoms with Crippen LogP contribution in [-0.2, 0) is 4.79 Å². The number of carbonyl (C=O) groups is 1. The molecule has 0 spiro atoms. The van der Waals surface area contributed by atoms with Crippen LogP contribution in [0.25, 0.3) is 0 Å². The van der Waals surface area contributed by atoms with Crippen LogP contribution in [0.4, 0.5) is 0 Å². The first-order chi connectivity index (χ1) is 6.15. The summed E-state index contributed by atoms with van der Waals surface area (Å²) in [5, 5.41) is 12.0. The normalized spacial score (nSPS) is 35.4. The standard InChI is InChI=1S/C10H19NO2/c1-3-8-4-5-11-9(10(12)13)6-7(8)2/h7-9,11H,3-6H2,1-2H3,(H,12,13). The van der Waals surface area contributed by atoms with Crippen molar-refractivity contribution in [2.45, 2.75) is 39.2 Å². The van der Waals surface area contributed by atoms with Gasteiger partial charge in [-0.1, -0.05) is 20.3 Å². The molecule has 0 aromatic heterocycles. The molecule has 0 bridgehead atoms. The first-order valence-corrected chi connectivity index (χ1v) is 5.11. The van der Waals surface area contributed by atoms with Gasteiger partial charge in [0.25, 0.3) is 0 Å². The molecule has 3 nitrogen and oxygen atoms in total. The zero-order valence-corrected chi connectivity index (χ0v) is 8.42. The fraction of sp³-hybridized carbons (Fsp3) is 0.900. The second kappa shape index (κ2) is 4.61. The van der Waals surface area contributed by atoms with Crippen molar-refractivity contribution in [1.82, 2.24) is 5.32 Å². The van der Waals surface area contributed by atoms with Crippen LogP contribution in [0.3, 0.4) is 0 Å². The molecule has 1 aliphatic rings. The summed E-state index contributed by atoms with van der Waals surface area (Å²) in [4.78, 5) is 10.8. The topological polar surface area (TPSA) is 49.3 Å². The Hall–Kier alpha value is -0.570. The van der Waals surface area contributed by atoms with E-state index in [1.165, 1.54) is 0 Å². The van der Waals surface area contributed by atoms with Gasteiger partial charge in [0, 0.05) is 0 Å². The van der Waals surface area contributed by atoms with E-state index in [9.17, 15) is 4.79 Å². The Morgan fingerprint density at radius 1 is 1.62 bits per heavy atom. The SMILES string of the molecule is CCC1CCNC(C(=O)O)CC1C. The summed E-state index contributed by atoms with van der Waals surface area (Å²) in [6, 6.07) is -0.327. The molecule has 0 aromatic rings. The maximum atomic E-state index is 10.8. The molecule has 1 heterocycles. The molecule has 1 rings (SSSR count). The van der Waals surface area contributed by atoms with E-state index >= 15 is 0 Å². The van der Waals surface area contributed by atoms with Crippen LogP contribution < -0.4 is 5.32 Å². The lowest BCUT2D eigenvalue weighted by molar-refractivity contribution is -0.139. The third-order valence-electron chi connectivity index (χ3n) is 3.14. The van der Waals surface area contributed by atoms with Crippen molar-refractivity contribution in [2.24, 2.45) is 11.8 Å². The molecular weight excluding hydrogens is 166 g/mol. The van der Waals surface area contributed by atoms with Crippen molar-refractivity contribution in [3.8, 4) is 0 Å². The third-order valence-corrected chi connectivity index (χ3v) is 3.14. The van der Waals surface area contributed by atoms with Gasteiger partial charge in [0.05, 0.1) is 0 Å². The van der Waals surface area contributed by atoms with Crippen LogP contribution in [0.1, 0.15) is 33.1 Å². The van der Waals surface area contributed by atoms with Crippen molar-refractivity contribution in [3.05, 3.63) is 0 Å². The Morgan fingerprint density at radius 3 is 2.85 bits per heavy atom. The molecule has 3 unspecified atom stereocenters. The molecule has 3 heteroatoms. The Kier molecular flexibility index (Phi) is 3.72. The minimum atomic E-state index is -0.705.